The molecule has 0 amide bonds. The molecule has 1 aromatic heterocycles. The molecule has 2 rings (SSSR count). The zero-order chi connectivity index (χ0) is 13.7. The van der Waals surface area contributed by atoms with Crippen molar-refractivity contribution in [3.63, 3.8) is 0 Å². The van der Waals surface area contributed by atoms with Gasteiger partial charge in [0.1, 0.15) is 17.7 Å². The van der Waals surface area contributed by atoms with Crippen LogP contribution in [0.4, 0.5) is 13.2 Å². The van der Waals surface area contributed by atoms with Crippen LogP contribution in [-0.2, 0) is 9.47 Å². The number of rotatable bonds is 5. The average Bonchev–Trinajstić information content (AvgIpc) is 2.83. The standard InChI is InChI=1S/C10H13F3N2O3S/c11-10(12,13)18-6-5-17-9-15-14-8(19-9)7-3-1-2-4-16-7/h7H,1-6H2/t7-/m1/s1. The summed E-state index contributed by atoms with van der Waals surface area (Å²) in [4.78, 5) is 0. The van der Waals surface area contributed by atoms with Gasteiger partial charge in [-0.15, -0.1) is 18.3 Å². The summed E-state index contributed by atoms with van der Waals surface area (Å²) in [7, 11) is 0. The van der Waals surface area contributed by atoms with E-state index in [4.69, 9.17) is 9.47 Å². The fraction of sp³-hybridized carbons (Fsp3) is 0.800. The van der Waals surface area contributed by atoms with E-state index in [1.165, 1.54) is 11.3 Å². The van der Waals surface area contributed by atoms with Gasteiger partial charge in [-0.05, 0) is 19.3 Å². The summed E-state index contributed by atoms with van der Waals surface area (Å²) in [5.74, 6) is 0. The van der Waals surface area contributed by atoms with Crippen LogP contribution in [0.2, 0.25) is 0 Å². The minimum Gasteiger partial charge on any atom is -0.466 e. The number of nitrogens with zero attached hydrogens (tertiary/aromatic N) is 2. The monoisotopic (exact) mass is 298 g/mol. The highest BCUT2D eigenvalue weighted by atomic mass is 32.1. The molecule has 1 atom stereocenters. The van der Waals surface area contributed by atoms with Crippen LogP contribution in [0, 0.1) is 0 Å². The van der Waals surface area contributed by atoms with Crippen molar-refractivity contribution in [3.05, 3.63) is 5.01 Å². The molecule has 2 heterocycles. The van der Waals surface area contributed by atoms with E-state index >= 15 is 0 Å². The third-order valence-electron chi connectivity index (χ3n) is 2.45. The highest BCUT2D eigenvalue weighted by Gasteiger charge is 2.28. The van der Waals surface area contributed by atoms with E-state index in [1.54, 1.807) is 0 Å². The van der Waals surface area contributed by atoms with Gasteiger partial charge in [0.25, 0.3) is 5.19 Å². The second-order valence-electron chi connectivity index (χ2n) is 3.90. The van der Waals surface area contributed by atoms with Crippen molar-refractivity contribution in [1.29, 1.82) is 0 Å². The maximum absolute atomic E-state index is 11.7. The quantitative estimate of drug-likeness (QED) is 0.782. The lowest BCUT2D eigenvalue weighted by Crippen LogP contribution is -2.18. The van der Waals surface area contributed by atoms with E-state index in [0.717, 1.165) is 19.3 Å². The third-order valence-corrected chi connectivity index (χ3v) is 3.38. The van der Waals surface area contributed by atoms with Crippen molar-refractivity contribution >= 4 is 11.3 Å². The lowest BCUT2D eigenvalue weighted by Gasteiger charge is -2.19. The number of alkyl halides is 3. The van der Waals surface area contributed by atoms with Crippen LogP contribution in [0.1, 0.15) is 30.4 Å². The topological polar surface area (TPSA) is 53.5 Å². The van der Waals surface area contributed by atoms with Gasteiger partial charge in [0.15, 0.2) is 0 Å². The molecule has 19 heavy (non-hydrogen) atoms. The van der Waals surface area contributed by atoms with E-state index in [0.29, 0.717) is 11.6 Å². The highest BCUT2D eigenvalue weighted by Crippen LogP contribution is 2.32. The molecule has 1 fully saturated rings. The molecule has 0 aromatic carbocycles. The van der Waals surface area contributed by atoms with Crippen molar-refractivity contribution in [1.82, 2.24) is 10.2 Å². The molecule has 0 unspecified atom stereocenters. The molecule has 5 nitrogen and oxygen atoms in total. The SMILES string of the molecule is FC(F)(F)OCCOc1nnc([C@H]2CCCCO2)s1. The van der Waals surface area contributed by atoms with Crippen molar-refractivity contribution in [2.75, 3.05) is 19.8 Å². The second kappa shape index (κ2) is 6.49. The average molecular weight is 298 g/mol. The molecule has 9 heteroatoms. The Labute approximate surface area is 111 Å². The fourth-order valence-electron chi connectivity index (χ4n) is 1.63. The van der Waals surface area contributed by atoms with Crippen molar-refractivity contribution < 1.29 is 27.4 Å². The molecule has 0 bridgehead atoms. The number of hydrogen-bond donors (Lipinski definition) is 0. The molecule has 0 saturated carbocycles. The third kappa shape index (κ3) is 4.92. The Morgan fingerprint density at radius 3 is 2.79 bits per heavy atom. The smallest absolute Gasteiger partial charge is 0.466 e. The minimum atomic E-state index is -4.63. The maximum atomic E-state index is 11.7. The first-order chi connectivity index (χ1) is 9.04. The van der Waals surface area contributed by atoms with Crippen LogP contribution in [0.25, 0.3) is 0 Å². The summed E-state index contributed by atoms with van der Waals surface area (Å²) >= 11 is 1.19. The number of aromatic nitrogens is 2. The Hall–Kier alpha value is -0.930. The summed E-state index contributed by atoms with van der Waals surface area (Å²) in [6, 6.07) is 0. The molecule has 0 aliphatic carbocycles. The molecule has 1 aliphatic rings. The second-order valence-corrected chi connectivity index (χ2v) is 4.88. The molecule has 1 saturated heterocycles. The Balaban J connectivity index is 1.74. The van der Waals surface area contributed by atoms with Gasteiger partial charge in [-0.3, -0.25) is 4.74 Å². The van der Waals surface area contributed by atoms with Gasteiger partial charge in [-0.2, -0.15) is 0 Å². The number of hydrogen-bond acceptors (Lipinski definition) is 6. The van der Waals surface area contributed by atoms with Crippen LogP contribution in [0.15, 0.2) is 0 Å². The lowest BCUT2D eigenvalue weighted by atomic mass is 10.1. The Kier molecular flexibility index (Phi) is 4.94. The normalized spacial score (nSPS) is 20.5. The van der Waals surface area contributed by atoms with Crippen LogP contribution >= 0.6 is 11.3 Å². The Morgan fingerprint density at radius 1 is 1.26 bits per heavy atom. The van der Waals surface area contributed by atoms with Gasteiger partial charge in [0.2, 0.25) is 0 Å². The molecule has 0 spiro atoms. The summed E-state index contributed by atoms with van der Waals surface area (Å²) in [5, 5.41) is 8.61. The van der Waals surface area contributed by atoms with E-state index in [2.05, 4.69) is 14.9 Å². The molecular formula is C10H13F3N2O3S. The van der Waals surface area contributed by atoms with Gasteiger partial charge < -0.3 is 9.47 Å². The maximum Gasteiger partial charge on any atom is 0.522 e. The van der Waals surface area contributed by atoms with Crippen LogP contribution < -0.4 is 4.74 Å². The van der Waals surface area contributed by atoms with Gasteiger partial charge in [0.05, 0.1) is 6.61 Å². The number of halogens is 3. The minimum absolute atomic E-state index is 0.0741. The van der Waals surface area contributed by atoms with Gasteiger partial charge >= 0.3 is 6.36 Å². The lowest BCUT2D eigenvalue weighted by molar-refractivity contribution is -0.325. The molecule has 0 radical (unpaired) electrons. The Morgan fingerprint density at radius 2 is 2.11 bits per heavy atom. The molecule has 0 N–H and O–H groups in total. The predicted octanol–water partition coefficient (Wildman–Crippen LogP) is 2.69. The first kappa shape index (κ1) is 14.5. The van der Waals surface area contributed by atoms with E-state index in [-0.39, 0.29) is 17.9 Å². The zero-order valence-electron chi connectivity index (χ0n) is 9.98. The molecular weight excluding hydrogens is 285 g/mol. The largest absolute Gasteiger partial charge is 0.522 e. The number of ether oxygens (including phenoxy) is 3. The van der Waals surface area contributed by atoms with Gasteiger partial charge in [0, 0.05) is 6.61 Å². The molecule has 1 aliphatic heterocycles. The van der Waals surface area contributed by atoms with Crippen LogP contribution in [0.3, 0.4) is 0 Å². The summed E-state index contributed by atoms with van der Waals surface area (Å²) in [6.07, 6.45) is -1.72. The molecule has 1 aromatic rings. The van der Waals surface area contributed by atoms with Crippen LogP contribution in [0.5, 0.6) is 5.19 Å². The zero-order valence-corrected chi connectivity index (χ0v) is 10.8. The highest BCUT2D eigenvalue weighted by molar-refractivity contribution is 7.13. The first-order valence-electron chi connectivity index (χ1n) is 5.83. The van der Waals surface area contributed by atoms with Gasteiger partial charge in [-0.1, -0.05) is 16.4 Å². The van der Waals surface area contributed by atoms with Gasteiger partial charge in [-0.25, -0.2) is 0 Å². The van der Waals surface area contributed by atoms with Crippen molar-refractivity contribution in [2.45, 2.75) is 31.7 Å². The van der Waals surface area contributed by atoms with E-state index in [1.807, 2.05) is 0 Å². The van der Waals surface area contributed by atoms with Crippen LogP contribution in [-0.4, -0.2) is 36.4 Å². The predicted molar refractivity (Wildman–Crippen MR) is 60.0 cm³/mol. The fourth-order valence-corrected chi connectivity index (χ4v) is 2.43. The van der Waals surface area contributed by atoms with Crippen molar-refractivity contribution in [3.8, 4) is 5.19 Å². The van der Waals surface area contributed by atoms with E-state index in [9.17, 15) is 13.2 Å². The molecule has 108 valence electrons. The summed E-state index contributed by atoms with van der Waals surface area (Å²) in [6.45, 7) is -0.0993. The van der Waals surface area contributed by atoms with E-state index < -0.39 is 13.0 Å². The van der Waals surface area contributed by atoms with Crippen molar-refractivity contribution in [2.24, 2.45) is 0 Å². The first-order valence-corrected chi connectivity index (χ1v) is 6.65. The summed E-state index contributed by atoms with van der Waals surface area (Å²) < 4.78 is 49.3. The summed E-state index contributed by atoms with van der Waals surface area (Å²) in [5.41, 5.74) is 0. The Bertz CT molecular complexity index is 394.